The molecule has 0 spiro atoms. The molecule has 52 valence electrons. The summed E-state index contributed by atoms with van der Waals surface area (Å²) in [5.41, 5.74) is 0. The van der Waals surface area contributed by atoms with E-state index in [2.05, 4.69) is 19.0 Å². The molecule has 9 heavy (non-hydrogen) atoms. The third kappa shape index (κ3) is 1.86. The van der Waals surface area contributed by atoms with Gasteiger partial charge in [0.1, 0.15) is 0 Å². The maximum absolute atomic E-state index is 10.0. The van der Waals surface area contributed by atoms with Crippen LogP contribution in [0.4, 0.5) is 0 Å². The Hall–Kier alpha value is 0.300. The van der Waals surface area contributed by atoms with Gasteiger partial charge < -0.3 is 0 Å². The maximum Gasteiger partial charge on any atom is 0.184 e. The van der Waals surface area contributed by atoms with Gasteiger partial charge in [0.2, 0.25) is 0 Å². The molecule has 1 rings (SSSR count). The van der Waals surface area contributed by atoms with Gasteiger partial charge in [-0.05, 0) is 19.0 Å². The Morgan fingerprint density at radius 3 is 2.56 bits per heavy atom. The summed E-state index contributed by atoms with van der Waals surface area (Å²) >= 11 is 3.28. The Kier molecular flexibility index (Phi) is 2.06. The van der Waals surface area contributed by atoms with Gasteiger partial charge in [0.15, 0.2) is 4.71 Å². The first kappa shape index (κ1) is 7.41. The van der Waals surface area contributed by atoms with Gasteiger partial charge in [-0.3, -0.25) is 0 Å². The molecule has 2 nitrogen and oxygen atoms in total. The average Bonchev–Trinajstić information content (AvgIpc) is 2.10. The second kappa shape index (κ2) is 2.50. The van der Waals surface area contributed by atoms with Crippen LogP contribution in [0.3, 0.4) is 0 Å². The molecule has 0 N–H and O–H groups in total. The summed E-state index contributed by atoms with van der Waals surface area (Å²) in [6, 6.07) is 0. The van der Waals surface area contributed by atoms with Gasteiger partial charge in [-0.25, -0.2) is 0 Å². The second-order valence-electron chi connectivity index (χ2n) is 2.60. The molecule has 1 aliphatic heterocycles. The van der Waals surface area contributed by atoms with Crippen LogP contribution < -0.4 is 0 Å². The van der Waals surface area contributed by atoms with E-state index in [1.54, 1.807) is 23.5 Å². The lowest BCUT2D eigenvalue weighted by molar-refractivity contribution is 0.826. The molecule has 1 aliphatic rings. The summed E-state index contributed by atoms with van der Waals surface area (Å²) < 4.78 is 0.198. The van der Waals surface area contributed by atoms with E-state index >= 15 is 0 Å². The van der Waals surface area contributed by atoms with E-state index in [0.717, 1.165) is 5.75 Å². The molecular formula is C5H9NOS2. The van der Waals surface area contributed by atoms with E-state index in [-0.39, 0.29) is 9.45 Å². The minimum Gasteiger partial charge on any atom is -0.149 e. The highest BCUT2D eigenvalue weighted by Crippen LogP contribution is 2.45. The summed E-state index contributed by atoms with van der Waals surface area (Å²) in [6.45, 7) is 4.27. The van der Waals surface area contributed by atoms with Crippen molar-refractivity contribution in [3.63, 3.8) is 0 Å². The Balaban J connectivity index is 2.47. The quantitative estimate of drug-likeness (QED) is 0.555. The van der Waals surface area contributed by atoms with E-state index in [1.807, 2.05) is 0 Å². The van der Waals surface area contributed by atoms with Crippen LogP contribution in [0, 0.1) is 4.91 Å². The van der Waals surface area contributed by atoms with Crippen molar-refractivity contribution in [1.29, 1.82) is 0 Å². The first-order valence-electron chi connectivity index (χ1n) is 2.76. The number of thioether (sulfide) groups is 2. The summed E-state index contributed by atoms with van der Waals surface area (Å²) in [5, 5.41) is 2.96. The zero-order valence-corrected chi connectivity index (χ0v) is 7.09. The van der Waals surface area contributed by atoms with Crippen LogP contribution in [0.1, 0.15) is 13.8 Å². The van der Waals surface area contributed by atoms with Crippen LogP contribution in [-0.2, 0) is 0 Å². The highest BCUT2D eigenvalue weighted by atomic mass is 32.2. The maximum atomic E-state index is 10.0. The van der Waals surface area contributed by atoms with Crippen LogP contribution in [0.25, 0.3) is 0 Å². The molecule has 1 saturated heterocycles. The van der Waals surface area contributed by atoms with Gasteiger partial charge in [-0.1, -0.05) is 0 Å². The second-order valence-corrected chi connectivity index (χ2v) is 5.76. The Morgan fingerprint density at radius 2 is 2.33 bits per heavy atom. The van der Waals surface area contributed by atoms with Crippen LogP contribution in [0.2, 0.25) is 0 Å². The van der Waals surface area contributed by atoms with Crippen molar-refractivity contribution in [2.45, 2.75) is 23.3 Å². The molecule has 0 aromatic carbocycles. The zero-order valence-electron chi connectivity index (χ0n) is 5.46. The molecule has 1 heterocycles. The standard InChI is InChI=1S/C5H9NOS2/c1-5(2)3-8-4(6-7)9-5/h4H,3H2,1-2H3. The van der Waals surface area contributed by atoms with Crippen molar-refractivity contribution in [2.24, 2.45) is 5.18 Å². The molecule has 0 aromatic rings. The van der Waals surface area contributed by atoms with Crippen molar-refractivity contribution in [3.8, 4) is 0 Å². The highest BCUT2D eigenvalue weighted by Gasteiger charge is 2.32. The van der Waals surface area contributed by atoms with Gasteiger partial charge in [-0.2, -0.15) is 0 Å². The highest BCUT2D eigenvalue weighted by molar-refractivity contribution is 8.20. The van der Waals surface area contributed by atoms with Crippen molar-refractivity contribution < 1.29 is 0 Å². The number of nitrogens with zero attached hydrogens (tertiary/aromatic N) is 1. The number of hydrogen-bond acceptors (Lipinski definition) is 4. The predicted molar refractivity (Wildman–Crippen MR) is 43.7 cm³/mol. The summed E-state index contributed by atoms with van der Waals surface area (Å²) in [7, 11) is 0. The normalized spacial score (nSPS) is 32.4. The molecule has 0 bridgehead atoms. The minimum atomic E-state index is -0.0556. The Bertz CT molecular complexity index is 126. The molecule has 1 unspecified atom stereocenters. The summed E-state index contributed by atoms with van der Waals surface area (Å²) in [4.78, 5) is 10.0. The Labute approximate surface area is 63.1 Å². The summed E-state index contributed by atoms with van der Waals surface area (Å²) in [5.74, 6) is 1.04. The zero-order chi connectivity index (χ0) is 6.91. The molecule has 1 fully saturated rings. The SMILES string of the molecule is CC1(C)CSC(N=O)S1. The molecule has 0 saturated carbocycles. The van der Waals surface area contributed by atoms with Gasteiger partial charge in [0.25, 0.3) is 0 Å². The largest absolute Gasteiger partial charge is 0.184 e. The van der Waals surface area contributed by atoms with E-state index in [4.69, 9.17) is 0 Å². The summed E-state index contributed by atoms with van der Waals surface area (Å²) in [6.07, 6.45) is 0. The lowest BCUT2D eigenvalue weighted by atomic mass is 10.2. The van der Waals surface area contributed by atoms with E-state index in [1.165, 1.54) is 0 Å². The molecule has 0 aromatic heterocycles. The van der Waals surface area contributed by atoms with E-state index in [0.29, 0.717) is 0 Å². The van der Waals surface area contributed by atoms with Crippen molar-refractivity contribution >= 4 is 23.5 Å². The predicted octanol–water partition coefficient (Wildman–Crippen LogP) is 2.30. The van der Waals surface area contributed by atoms with Gasteiger partial charge >= 0.3 is 0 Å². The smallest absolute Gasteiger partial charge is 0.149 e. The van der Waals surface area contributed by atoms with Crippen molar-refractivity contribution in [3.05, 3.63) is 4.91 Å². The topological polar surface area (TPSA) is 29.4 Å². The average molecular weight is 163 g/mol. The lowest BCUT2D eigenvalue weighted by Gasteiger charge is -2.12. The number of hydrogen-bond donors (Lipinski definition) is 0. The number of rotatable bonds is 1. The fourth-order valence-electron chi connectivity index (χ4n) is 0.665. The molecule has 1 atom stereocenters. The molecule has 0 amide bonds. The lowest BCUT2D eigenvalue weighted by Crippen LogP contribution is -2.12. The molecule has 0 aliphatic carbocycles. The first-order valence-corrected chi connectivity index (χ1v) is 4.69. The van der Waals surface area contributed by atoms with Gasteiger partial charge in [0, 0.05) is 10.5 Å². The fourth-order valence-corrected chi connectivity index (χ4v) is 3.59. The molecular weight excluding hydrogens is 154 g/mol. The van der Waals surface area contributed by atoms with Crippen LogP contribution in [0.15, 0.2) is 5.18 Å². The Morgan fingerprint density at radius 1 is 1.67 bits per heavy atom. The third-order valence-corrected chi connectivity index (χ3v) is 4.29. The fraction of sp³-hybridized carbons (Fsp3) is 1.00. The monoisotopic (exact) mass is 163 g/mol. The van der Waals surface area contributed by atoms with E-state index in [9.17, 15) is 4.91 Å². The van der Waals surface area contributed by atoms with Crippen LogP contribution >= 0.6 is 23.5 Å². The first-order chi connectivity index (χ1) is 4.14. The minimum absolute atomic E-state index is 0.0556. The van der Waals surface area contributed by atoms with Crippen molar-refractivity contribution in [1.82, 2.24) is 0 Å². The molecule has 0 radical (unpaired) electrons. The van der Waals surface area contributed by atoms with Crippen LogP contribution in [-0.4, -0.2) is 15.2 Å². The van der Waals surface area contributed by atoms with Gasteiger partial charge in [0.05, 0.1) is 0 Å². The van der Waals surface area contributed by atoms with Gasteiger partial charge in [-0.15, -0.1) is 28.4 Å². The third-order valence-electron chi connectivity index (χ3n) is 1.08. The van der Waals surface area contributed by atoms with E-state index < -0.39 is 0 Å². The number of nitroso groups, excluding NO2 is 1. The van der Waals surface area contributed by atoms with Crippen LogP contribution in [0.5, 0.6) is 0 Å². The molecule has 4 heteroatoms. The van der Waals surface area contributed by atoms with Crippen molar-refractivity contribution in [2.75, 3.05) is 5.75 Å².